The van der Waals surface area contributed by atoms with Crippen LogP contribution in [0.25, 0.3) is 0 Å². The molecule has 5 heterocycles. The number of nitrogens with one attached hydrogen (secondary N) is 1. The molecule has 1 saturated heterocycles. The van der Waals surface area contributed by atoms with E-state index < -0.39 is 94.5 Å². The minimum atomic E-state index is -1.32. The first-order chi connectivity index (χ1) is 21.5. The molecule has 1 fully saturated rings. The lowest BCUT2D eigenvalue weighted by atomic mass is 9.75. The Morgan fingerprint density at radius 1 is 0.783 bits per heavy atom. The Labute approximate surface area is 267 Å². The Morgan fingerprint density at radius 2 is 1.41 bits per heavy atom. The second kappa shape index (κ2) is 13.3. The highest BCUT2D eigenvalue weighted by Gasteiger charge is 2.47. The Morgan fingerprint density at radius 3 is 2.07 bits per heavy atom. The van der Waals surface area contributed by atoms with Gasteiger partial charge in [0.1, 0.15) is 17.8 Å². The van der Waals surface area contributed by atoms with Crippen LogP contribution in [0, 0.1) is 36.5 Å². The minimum absolute atomic E-state index is 0.0939. The van der Waals surface area contributed by atoms with E-state index in [0.717, 1.165) is 6.08 Å². The first kappa shape index (κ1) is 34.7. The lowest BCUT2D eigenvalue weighted by Crippen LogP contribution is -2.53. The van der Waals surface area contributed by atoms with Crippen molar-refractivity contribution in [2.45, 2.75) is 72.9 Å². The SMILES string of the molecule is CC1=CC=CC(C)C(O)C(C)C(O)C(C)C2OC(=O)C(C=C(C)C(=O)c3c(O)c(C)cc4c3C(=O)C=C(NC1=O)C4=O)C(O)C2C. The van der Waals surface area contributed by atoms with Crippen molar-refractivity contribution >= 4 is 29.2 Å². The second-order valence-electron chi connectivity index (χ2n) is 12.8. The van der Waals surface area contributed by atoms with E-state index in [4.69, 9.17) is 4.74 Å². The van der Waals surface area contributed by atoms with E-state index in [0.29, 0.717) is 0 Å². The normalized spacial score (nSPS) is 32.9. The van der Waals surface area contributed by atoms with Gasteiger partial charge < -0.3 is 30.5 Å². The number of ether oxygens (including phenoxy) is 1. The summed E-state index contributed by atoms with van der Waals surface area (Å²) < 4.78 is 5.71. The average molecular weight is 636 g/mol. The smallest absolute Gasteiger partial charge is 0.315 e. The molecule has 1 aliphatic carbocycles. The van der Waals surface area contributed by atoms with Crippen molar-refractivity contribution in [2.24, 2.45) is 29.6 Å². The van der Waals surface area contributed by atoms with Gasteiger partial charge in [-0.25, -0.2) is 0 Å². The van der Waals surface area contributed by atoms with E-state index in [-0.39, 0.29) is 33.5 Å². The van der Waals surface area contributed by atoms with Gasteiger partial charge in [-0.15, -0.1) is 0 Å². The number of benzene rings is 1. The van der Waals surface area contributed by atoms with Gasteiger partial charge in [-0.05, 0) is 38.0 Å². The van der Waals surface area contributed by atoms with Crippen molar-refractivity contribution in [3.8, 4) is 5.75 Å². The molecular formula is C35H41NO10. The molecule has 5 N–H and O–H groups in total. The first-order valence-electron chi connectivity index (χ1n) is 15.3. The maximum absolute atomic E-state index is 13.8. The highest BCUT2D eigenvalue weighted by molar-refractivity contribution is 6.30. The van der Waals surface area contributed by atoms with Crippen LogP contribution >= 0.6 is 0 Å². The molecule has 5 aliphatic heterocycles. The fraction of sp³-hybridized carbons (Fsp3) is 0.457. The van der Waals surface area contributed by atoms with Gasteiger partial charge in [-0.1, -0.05) is 52.0 Å². The number of aliphatic hydroxyl groups excluding tert-OH is 3. The number of hydrogen-bond acceptors (Lipinski definition) is 10. The quantitative estimate of drug-likeness (QED) is 0.265. The number of phenols is 1. The summed E-state index contributed by atoms with van der Waals surface area (Å²) in [7, 11) is 0. The number of ketones is 3. The molecule has 6 bridgehead atoms. The molecule has 11 heteroatoms. The summed E-state index contributed by atoms with van der Waals surface area (Å²) >= 11 is 0. The second-order valence-corrected chi connectivity index (χ2v) is 12.8. The summed E-state index contributed by atoms with van der Waals surface area (Å²) in [6, 6.07) is 1.26. The third kappa shape index (κ3) is 6.27. The molecule has 0 radical (unpaired) electrons. The zero-order chi connectivity index (χ0) is 34.4. The highest BCUT2D eigenvalue weighted by Crippen LogP contribution is 2.38. The fourth-order valence-electron chi connectivity index (χ4n) is 6.39. The minimum Gasteiger partial charge on any atom is -0.507 e. The summed E-state index contributed by atoms with van der Waals surface area (Å²) in [6.07, 6.45) is 2.38. The standard InChI is InChI=1S/C35H41NO10/c1-14-9-8-10-15(2)34(44)36-23-13-24(37)25-21(32(23)43)11-16(3)28(39)26(25)29(40)17(4)12-22-31(42)20(7)33(46-35(22)45)19(6)30(41)18(5)27(14)38/h8-14,18-20,22,27,30-31,33,38-39,41-42H,1-7H3,(H,36,44). The largest absolute Gasteiger partial charge is 0.507 e. The number of aryl methyl sites for hydroxylation is 1. The van der Waals surface area contributed by atoms with Crippen molar-refractivity contribution < 1.29 is 49.1 Å². The molecule has 9 atom stereocenters. The Bertz CT molecular complexity index is 1610. The molecule has 0 saturated carbocycles. The van der Waals surface area contributed by atoms with Gasteiger partial charge in [0, 0.05) is 46.4 Å². The van der Waals surface area contributed by atoms with E-state index >= 15 is 0 Å². The van der Waals surface area contributed by atoms with Crippen molar-refractivity contribution in [1.29, 1.82) is 0 Å². The third-order valence-electron chi connectivity index (χ3n) is 9.51. The Kier molecular flexibility index (Phi) is 10.0. The van der Waals surface area contributed by atoms with Crippen LogP contribution in [0.4, 0.5) is 0 Å². The molecule has 46 heavy (non-hydrogen) atoms. The van der Waals surface area contributed by atoms with E-state index in [1.807, 2.05) is 0 Å². The molecule has 1 aromatic rings. The summed E-state index contributed by atoms with van der Waals surface area (Å²) in [5, 5.41) is 46.8. The number of aromatic hydroxyl groups is 1. The van der Waals surface area contributed by atoms with Crippen LogP contribution in [0.15, 0.2) is 53.3 Å². The molecule has 7 rings (SSSR count). The van der Waals surface area contributed by atoms with Gasteiger partial charge in [-0.3, -0.25) is 24.0 Å². The van der Waals surface area contributed by atoms with E-state index in [9.17, 15) is 44.4 Å². The molecule has 11 nitrogen and oxygen atoms in total. The zero-order valence-corrected chi connectivity index (χ0v) is 26.9. The van der Waals surface area contributed by atoms with Gasteiger partial charge >= 0.3 is 5.97 Å². The van der Waals surface area contributed by atoms with E-state index in [1.54, 1.807) is 39.8 Å². The van der Waals surface area contributed by atoms with Crippen LogP contribution in [-0.4, -0.2) is 74.1 Å². The number of rotatable bonds is 0. The van der Waals surface area contributed by atoms with Gasteiger partial charge in [0.15, 0.2) is 11.6 Å². The van der Waals surface area contributed by atoms with Gasteiger partial charge in [0.2, 0.25) is 5.78 Å². The number of phenolic OH excluding ortho intramolecular Hbond substituents is 1. The fourth-order valence-corrected chi connectivity index (χ4v) is 6.39. The summed E-state index contributed by atoms with van der Waals surface area (Å²) in [4.78, 5) is 66.8. The number of aliphatic hydroxyl groups is 3. The average Bonchev–Trinajstić information content (AvgIpc) is 3.01. The maximum atomic E-state index is 13.8. The monoisotopic (exact) mass is 635 g/mol. The van der Waals surface area contributed by atoms with Crippen molar-refractivity contribution in [3.05, 3.63) is 75.5 Å². The lowest BCUT2D eigenvalue weighted by Gasteiger charge is -2.42. The summed E-state index contributed by atoms with van der Waals surface area (Å²) in [5.41, 5.74) is -1.06. The predicted octanol–water partition coefficient (Wildman–Crippen LogP) is 2.89. The Balaban J connectivity index is 1.85. The molecule has 9 unspecified atom stereocenters. The third-order valence-corrected chi connectivity index (χ3v) is 9.51. The summed E-state index contributed by atoms with van der Waals surface area (Å²) in [5.74, 6) is -8.22. The number of allylic oxidation sites excluding steroid dienone is 5. The molecule has 6 aliphatic rings. The van der Waals surface area contributed by atoms with Crippen LogP contribution in [-0.2, 0) is 14.3 Å². The molecule has 246 valence electrons. The molecule has 0 spiro atoms. The number of hydrogen-bond donors (Lipinski definition) is 5. The highest BCUT2D eigenvalue weighted by atomic mass is 16.6. The van der Waals surface area contributed by atoms with E-state index in [2.05, 4.69) is 5.32 Å². The van der Waals surface area contributed by atoms with E-state index in [1.165, 1.54) is 39.0 Å². The van der Waals surface area contributed by atoms with Crippen LogP contribution in [0.3, 0.4) is 0 Å². The number of carbonyl (C=O) groups excluding carboxylic acids is 5. The van der Waals surface area contributed by atoms with Gasteiger partial charge in [-0.2, -0.15) is 0 Å². The molecular weight excluding hydrogens is 594 g/mol. The first-order valence-corrected chi connectivity index (χ1v) is 15.3. The van der Waals surface area contributed by atoms with Gasteiger partial charge in [0.05, 0.1) is 29.6 Å². The number of esters is 1. The topological polar surface area (TPSA) is 188 Å². The lowest BCUT2D eigenvalue weighted by molar-refractivity contribution is -0.186. The van der Waals surface area contributed by atoms with Crippen molar-refractivity contribution in [1.82, 2.24) is 5.32 Å². The van der Waals surface area contributed by atoms with Crippen LogP contribution < -0.4 is 5.32 Å². The number of Topliss-reactive ketones (excluding diaryl/α,β-unsaturated/α-hetero) is 2. The predicted molar refractivity (Wildman–Crippen MR) is 167 cm³/mol. The maximum Gasteiger partial charge on any atom is 0.315 e. The van der Waals surface area contributed by atoms with Crippen molar-refractivity contribution in [3.63, 3.8) is 0 Å². The van der Waals surface area contributed by atoms with Crippen LogP contribution in [0.5, 0.6) is 5.75 Å². The van der Waals surface area contributed by atoms with Crippen molar-refractivity contribution in [2.75, 3.05) is 0 Å². The molecule has 0 aromatic heterocycles. The zero-order valence-electron chi connectivity index (χ0n) is 26.9. The van der Waals surface area contributed by atoms with Gasteiger partial charge in [0.25, 0.3) is 5.91 Å². The molecule has 1 aromatic carbocycles. The van der Waals surface area contributed by atoms with Crippen LogP contribution in [0.2, 0.25) is 0 Å². The van der Waals surface area contributed by atoms with Crippen LogP contribution in [0.1, 0.15) is 78.2 Å². The number of carbonyl (C=O) groups is 5. The summed E-state index contributed by atoms with van der Waals surface area (Å²) in [6.45, 7) is 11.0. The molecule has 1 amide bonds. The number of amides is 1. The Hall–Kier alpha value is -4.19.